The van der Waals surface area contributed by atoms with Crippen LogP contribution in [-0.2, 0) is 20.7 Å². The molecule has 90 valence electrons. The van der Waals surface area contributed by atoms with Gasteiger partial charge in [-0.15, -0.1) is 0 Å². The quantitative estimate of drug-likeness (QED) is 0.580. The summed E-state index contributed by atoms with van der Waals surface area (Å²) in [6, 6.07) is 7.97. The molecular weight excluding hydrogens is 216 g/mol. The fraction of sp³-hybridized carbons (Fsp3) is 0.357. The third-order valence-electron chi connectivity index (χ3n) is 2.65. The maximum Gasteiger partial charge on any atom is 0.334 e. The van der Waals surface area contributed by atoms with Gasteiger partial charge in [0.15, 0.2) is 0 Å². The highest BCUT2D eigenvalue weighted by atomic mass is 16.5. The summed E-state index contributed by atoms with van der Waals surface area (Å²) in [6.45, 7) is 4.16. The molecule has 0 aliphatic carbocycles. The van der Waals surface area contributed by atoms with Gasteiger partial charge in [0, 0.05) is 12.0 Å². The molecule has 3 heteroatoms. The molecule has 1 aromatic carbocycles. The number of ether oxygens (including phenoxy) is 2. The van der Waals surface area contributed by atoms with Crippen molar-refractivity contribution in [3.05, 3.63) is 41.5 Å². The summed E-state index contributed by atoms with van der Waals surface area (Å²) in [6.07, 6.45) is 2.39. The van der Waals surface area contributed by atoms with E-state index in [0.29, 0.717) is 12.4 Å². The third kappa shape index (κ3) is 2.67. The lowest BCUT2D eigenvalue weighted by molar-refractivity contribution is -0.137. The number of hydrogen-bond acceptors (Lipinski definition) is 3. The molecule has 1 heterocycles. The minimum absolute atomic E-state index is 0.0885. The summed E-state index contributed by atoms with van der Waals surface area (Å²) >= 11 is 0. The first-order valence-electron chi connectivity index (χ1n) is 5.84. The highest BCUT2D eigenvalue weighted by Gasteiger charge is 2.20. The van der Waals surface area contributed by atoms with Gasteiger partial charge in [-0.2, -0.15) is 0 Å². The van der Waals surface area contributed by atoms with E-state index < -0.39 is 0 Å². The second-order valence-corrected chi connectivity index (χ2v) is 4.05. The van der Waals surface area contributed by atoms with E-state index in [9.17, 15) is 4.79 Å². The lowest BCUT2D eigenvalue weighted by atomic mass is 9.97. The van der Waals surface area contributed by atoms with E-state index in [1.165, 1.54) is 11.6 Å². The molecule has 0 spiro atoms. The van der Waals surface area contributed by atoms with Crippen molar-refractivity contribution >= 4 is 11.7 Å². The van der Waals surface area contributed by atoms with Gasteiger partial charge >= 0.3 is 5.97 Å². The second-order valence-electron chi connectivity index (χ2n) is 4.05. The van der Waals surface area contributed by atoms with Gasteiger partial charge in [-0.05, 0) is 19.4 Å². The van der Waals surface area contributed by atoms with Crippen LogP contribution in [-0.4, -0.2) is 18.7 Å². The van der Waals surface area contributed by atoms with Gasteiger partial charge in [-0.3, -0.25) is 0 Å². The Morgan fingerprint density at radius 3 is 3.06 bits per heavy atom. The molecule has 1 atom stereocenters. The number of carbonyl (C=O) groups is 1. The summed E-state index contributed by atoms with van der Waals surface area (Å²) < 4.78 is 10.6. The van der Waals surface area contributed by atoms with Gasteiger partial charge in [-0.1, -0.05) is 24.3 Å². The lowest BCUT2D eigenvalue weighted by Gasteiger charge is -2.25. The fourth-order valence-electron chi connectivity index (χ4n) is 1.97. The Hall–Kier alpha value is -1.77. The molecule has 0 aromatic heterocycles. The van der Waals surface area contributed by atoms with Crippen molar-refractivity contribution < 1.29 is 14.3 Å². The van der Waals surface area contributed by atoms with Crippen LogP contribution in [0.15, 0.2) is 30.3 Å². The molecule has 3 nitrogen and oxygen atoms in total. The summed E-state index contributed by atoms with van der Waals surface area (Å²) in [7, 11) is 0. The van der Waals surface area contributed by atoms with Crippen LogP contribution in [0.25, 0.3) is 5.76 Å². The largest absolute Gasteiger partial charge is 0.489 e. The van der Waals surface area contributed by atoms with Gasteiger partial charge < -0.3 is 9.47 Å². The first-order chi connectivity index (χ1) is 8.20. The van der Waals surface area contributed by atoms with Crippen molar-refractivity contribution in [3.63, 3.8) is 0 Å². The maximum atomic E-state index is 11.4. The van der Waals surface area contributed by atoms with E-state index in [4.69, 9.17) is 9.47 Å². The van der Waals surface area contributed by atoms with Crippen molar-refractivity contribution in [2.75, 3.05) is 6.61 Å². The number of rotatable bonds is 2. The summed E-state index contributed by atoms with van der Waals surface area (Å²) in [5.41, 5.74) is 2.19. The van der Waals surface area contributed by atoms with Gasteiger partial charge in [0.05, 0.1) is 18.8 Å². The molecule has 1 aliphatic rings. The lowest BCUT2D eigenvalue weighted by Crippen LogP contribution is -2.19. The van der Waals surface area contributed by atoms with Gasteiger partial charge in [-0.25, -0.2) is 4.79 Å². The number of hydrogen-bond donors (Lipinski definition) is 0. The van der Waals surface area contributed by atoms with Crippen LogP contribution in [0, 0.1) is 0 Å². The molecule has 1 aliphatic heterocycles. The molecule has 0 fully saturated rings. The minimum atomic E-state index is -0.355. The Labute approximate surface area is 101 Å². The van der Waals surface area contributed by atoms with E-state index in [1.54, 1.807) is 6.92 Å². The van der Waals surface area contributed by atoms with Crippen molar-refractivity contribution in [1.29, 1.82) is 0 Å². The molecular formula is C14H16O3. The molecule has 1 unspecified atom stereocenters. The van der Waals surface area contributed by atoms with Crippen molar-refractivity contribution in [3.8, 4) is 0 Å². The first-order valence-corrected chi connectivity index (χ1v) is 5.84. The number of carbonyl (C=O) groups excluding carboxylic acids is 1. The molecule has 0 saturated carbocycles. The fourth-order valence-corrected chi connectivity index (χ4v) is 1.97. The molecule has 2 rings (SSSR count). The van der Waals surface area contributed by atoms with E-state index in [1.807, 2.05) is 25.1 Å². The summed E-state index contributed by atoms with van der Waals surface area (Å²) in [4.78, 5) is 11.4. The average molecular weight is 232 g/mol. The van der Waals surface area contributed by atoms with E-state index >= 15 is 0 Å². The normalized spacial score (nSPS) is 20.6. The van der Waals surface area contributed by atoms with Crippen LogP contribution in [0.5, 0.6) is 0 Å². The van der Waals surface area contributed by atoms with Crippen LogP contribution in [0.2, 0.25) is 0 Å². The highest BCUT2D eigenvalue weighted by molar-refractivity contribution is 5.90. The Morgan fingerprint density at radius 2 is 2.29 bits per heavy atom. The zero-order chi connectivity index (χ0) is 12.3. The zero-order valence-corrected chi connectivity index (χ0v) is 10.1. The van der Waals surface area contributed by atoms with Gasteiger partial charge in [0.1, 0.15) is 5.76 Å². The van der Waals surface area contributed by atoms with Crippen LogP contribution in [0.3, 0.4) is 0 Å². The Morgan fingerprint density at radius 1 is 1.53 bits per heavy atom. The highest BCUT2D eigenvalue weighted by Crippen LogP contribution is 2.29. The number of benzene rings is 1. The topological polar surface area (TPSA) is 35.5 Å². The number of esters is 1. The summed E-state index contributed by atoms with van der Waals surface area (Å²) in [5.74, 6) is 0.254. The Kier molecular flexibility index (Phi) is 3.47. The second kappa shape index (κ2) is 5.04. The predicted octanol–water partition coefficient (Wildman–Crippen LogP) is 2.55. The van der Waals surface area contributed by atoms with Crippen LogP contribution >= 0.6 is 0 Å². The molecule has 1 aromatic rings. The molecule has 0 amide bonds. The predicted molar refractivity (Wildman–Crippen MR) is 65.3 cm³/mol. The monoisotopic (exact) mass is 232 g/mol. The third-order valence-corrected chi connectivity index (χ3v) is 2.65. The average Bonchev–Trinajstić information content (AvgIpc) is 2.29. The van der Waals surface area contributed by atoms with Crippen LogP contribution in [0.1, 0.15) is 25.0 Å². The number of fused-ring (bicyclic) bond motifs is 1. The molecule has 17 heavy (non-hydrogen) atoms. The molecule has 0 saturated heterocycles. The molecule has 0 bridgehead atoms. The standard InChI is InChI=1S/C14H16O3/c1-3-16-14(15)9-13-12-7-5-4-6-11(12)8-10(2)17-13/h4-7,9-10H,3,8H2,1-2H3/b13-9-. The van der Waals surface area contributed by atoms with E-state index in [0.717, 1.165) is 12.0 Å². The summed E-state index contributed by atoms with van der Waals surface area (Å²) in [5, 5.41) is 0. The first kappa shape index (κ1) is 11.7. The van der Waals surface area contributed by atoms with Crippen molar-refractivity contribution in [1.82, 2.24) is 0 Å². The molecule has 0 radical (unpaired) electrons. The van der Waals surface area contributed by atoms with Crippen molar-refractivity contribution in [2.24, 2.45) is 0 Å². The SMILES string of the molecule is CCOC(=O)/C=C1\OC(C)Cc2ccccc21. The zero-order valence-electron chi connectivity index (χ0n) is 10.1. The smallest absolute Gasteiger partial charge is 0.334 e. The van der Waals surface area contributed by atoms with Crippen LogP contribution in [0.4, 0.5) is 0 Å². The van der Waals surface area contributed by atoms with Crippen LogP contribution < -0.4 is 0 Å². The van der Waals surface area contributed by atoms with E-state index in [-0.39, 0.29) is 12.1 Å². The van der Waals surface area contributed by atoms with Gasteiger partial charge in [0.2, 0.25) is 0 Å². The minimum Gasteiger partial charge on any atom is -0.489 e. The van der Waals surface area contributed by atoms with Crippen molar-refractivity contribution in [2.45, 2.75) is 26.4 Å². The maximum absolute atomic E-state index is 11.4. The van der Waals surface area contributed by atoms with Gasteiger partial charge in [0.25, 0.3) is 0 Å². The molecule has 0 N–H and O–H groups in total. The Balaban J connectivity index is 2.32. The Bertz CT molecular complexity index is 449. The van der Waals surface area contributed by atoms with E-state index in [2.05, 4.69) is 6.07 Å².